The summed E-state index contributed by atoms with van der Waals surface area (Å²) in [5.74, 6) is -1.46. The van der Waals surface area contributed by atoms with E-state index in [9.17, 15) is 14.4 Å². The van der Waals surface area contributed by atoms with E-state index in [1.54, 1.807) is 0 Å². The normalized spacial score (nSPS) is 12.0. The first-order valence-corrected chi connectivity index (χ1v) is 10.5. The molecule has 9 nitrogen and oxygen atoms in total. The number of aliphatic carboxylic acids is 1. The number of carbonyl (C=O) groups is 3. The highest BCUT2D eigenvalue weighted by Crippen LogP contribution is 2.44. The van der Waals surface area contributed by atoms with Crippen LogP contribution in [0.15, 0.2) is 59.1 Å². The van der Waals surface area contributed by atoms with Crippen molar-refractivity contribution in [1.29, 1.82) is 0 Å². The molecule has 0 radical (unpaired) electrons. The highest BCUT2D eigenvalue weighted by atomic mass is 16.6. The summed E-state index contributed by atoms with van der Waals surface area (Å²) in [7, 11) is 1.54. The number of hydrogen-bond donors (Lipinski definition) is 2. The number of fused-ring (bicyclic) bond motifs is 3. The van der Waals surface area contributed by atoms with Crippen LogP contribution < -0.4 is 5.32 Å². The maximum Gasteiger partial charge on any atom is 0.414 e. The van der Waals surface area contributed by atoms with Crippen molar-refractivity contribution in [2.75, 3.05) is 25.5 Å². The molecule has 0 unspecified atom stereocenters. The third-order valence-corrected chi connectivity index (χ3v) is 5.53. The number of aromatic nitrogens is 1. The molecule has 0 aliphatic heterocycles. The van der Waals surface area contributed by atoms with E-state index in [0.717, 1.165) is 22.3 Å². The predicted octanol–water partition coefficient (Wildman–Crippen LogP) is 3.97. The van der Waals surface area contributed by atoms with Crippen LogP contribution >= 0.6 is 0 Å². The van der Waals surface area contributed by atoms with Gasteiger partial charge >= 0.3 is 12.1 Å². The number of anilines is 1. The van der Waals surface area contributed by atoms with Crippen molar-refractivity contribution in [1.82, 2.24) is 10.1 Å². The van der Waals surface area contributed by atoms with Crippen molar-refractivity contribution < 1.29 is 28.8 Å². The molecule has 170 valence electrons. The van der Waals surface area contributed by atoms with Crippen LogP contribution in [0, 0.1) is 0 Å². The highest BCUT2D eigenvalue weighted by Gasteiger charge is 2.29. The number of amides is 2. The number of rotatable bonds is 8. The minimum absolute atomic E-state index is 0.00164. The predicted molar refractivity (Wildman–Crippen MR) is 119 cm³/mol. The Labute approximate surface area is 189 Å². The first-order chi connectivity index (χ1) is 15.9. The quantitative estimate of drug-likeness (QED) is 0.533. The zero-order valence-electron chi connectivity index (χ0n) is 18.0. The molecule has 0 atom stereocenters. The van der Waals surface area contributed by atoms with E-state index < -0.39 is 18.0 Å². The summed E-state index contributed by atoms with van der Waals surface area (Å²) < 4.78 is 10.5. The molecule has 0 saturated heterocycles. The third-order valence-electron chi connectivity index (χ3n) is 5.53. The number of benzene rings is 2. The van der Waals surface area contributed by atoms with E-state index in [1.165, 1.54) is 18.0 Å². The minimum atomic E-state index is -0.924. The van der Waals surface area contributed by atoms with Gasteiger partial charge in [-0.15, -0.1) is 0 Å². The molecule has 33 heavy (non-hydrogen) atoms. The monoisotopic (exact) mass is 449 g/mol. The molecule has 3 aromatic rings. The Bertz CT molecular complexity index is 1140. The van der Waals surface area contributed by atoms with Gasteiger partial charge in [0.2, 0.25) is 5.88 Å². The SMILES string of the molecule is CN(CCCC(=O)O)C(=O)c1cc(NC(=O)OCC2c3ccccc3-c3ccccc32)on1. The van der Waals surface area contributed by atoms with E-state index >= 15 is 0 Å². The van der Waals surface area contributed by atoms with Gasteiger partial charge in [0, 0.05) is 32.0 Å². The number of carboxylic acid groups (broad SMARTS) is 1. The van der Waals surface area contributed by atoms with Crippen molar-refractivity contribution in [3.05, 3.63) is 71.4 Å². The number of ether oxygens (including phenoxy) is 1. The molecule has 2 N–H and O–H groups in total. The van der Waals surface area contributed by atoms with Gasteiger partial charge in [-0.1, -0.05) is 53.7 Å². The Hall–Kier alpha value is -4.14. The van der Waals surface area contributed by atoms with Crippen LogP contribution in [-0.4, -0.2) is 53.3 Å². The Morgan fingerprint density at radius 3 is 2.36 bits per heavy atom. The molecular weight excluding hydrogens is 426 g/mol. The maximum atomic E-state index is 12.4. The van der Waals surface area contributed by atoms with Gasteiger partial charge in [0.25, 0.3) is 5.91 Å². The highest BCUT2D eigenvalue weighted by molar-refractivity contribution is 5.93. The number of nitrogens with one attached hydrogen (secondary N) is 1. The van der Waals surface area contributed by atoms with Crippen molar-refractivity contribution in [2.45, 2.75) is 18.8 Å². The lowest BCUT2D eigenvalue weighted by Crippen LogP contribution is -2.28. The second kappa shape index (κ2) is 9.56. The van der Waals surface area contributed by atoms with Gasteiger partial charge in [-0.2, -0.15) is 0 Å². The van der Waals surface area contributed by atoms with Crippen LogP contribution in [0.25, 0.3) is 11.1 Å². The fourth-order valence-corrected chi connectivity index (χ4v) is 3.93. The molecule has 1 heterocycles. The minimum Gasteiger partial charge on any atom is -0.481 e. The standard InChI is InChI=1S/C24H23N3O6/c1-27(12-6-11-22(28)29)23(30)20-13-21(33-26-20)25-24(31)32-14-19-17-9-4-2-7-15(17)16-8-3-5-10-18(16)19/h2-5,7-10,13,19H,6,11-12,14H2,1H3,(H,25,31)(H,28,29). The second-order valence-electron chi connectivity index (χ2n) is 7.75. The lowest BCUT2D eigenvalue weighted by Gasteiger charge is -2.14. The average Bonchev–Trinajstić information content (AvgIpc) is 3.39. The molecule has 2 amide bonds. The number of nitrogens with zero attached hydrogens (tertiary/aromatic N) is 2. The van der Waals surface area contributed by atoms with E-state index in [-0.39, 0.29) is 37.1 Å². The summed E-state index contributed by atoms with van der Waals surface area (Å²) in [4.78, 5) is 36.7. The Morgan fingerprint density at radius 2 is 1.73 bits per heavy atom. The summed E-state index contributed by atoms with van der Waals surface area (Å²) in [5, 5.41) is 14.8. The van der Waals surface area contributed by atoms with Gasteiger partial charge in [0.15, 0.2) is 5.69 Å². The first kappa shape index (κ1) is 22.1. The molecule has 0 fully saturated rings. The van der Waals surface area contributed by atoms with E-state index in [1.807, 2.05) is 36.4 Å². The lowest BCUT2D eigenvalue weighted by atomic mass is 9.98. The van der Waals surface area contributed by atoms with Crippen molar-refractivity contribution in [2.24, 2.45) is 0 Å². The molecule has 1 aliphatic rings. The van der Waals surface area contributed by atoms with Crippen LogP contribution in [0.5, 0.6) is 0 Å². The molecule has 4 rings (SSSR count). The number of carboxylic acids is 1. The second-order valence-corrected chi connectivity index (χ2v) is 7.75. The van der Waals surface area contributed by atoms with Crippen LogP contribution in [0.1, 0.15) is 40.4 Å². The molecule has 1 aliphatic carbocycles. The van der Waals surface area contributed by atoms with Gasteiger partial charge in [-0.25, -0.2) is 4.79 Å². The zero-order valence-corrected chi connectivity index (χ0v) is 18.0. The molecular formula is C24H23N3O6. The number of hydrogen-bond acceptors (Lipinski definition) is 6. The molecule has 0 saturated carbocycles. The van der Waals surface area contributed by atoms with Gasteiger partial charge in [-0.3, -0.25) is 14.9 Å². The summed E-state index contributed by atoms with van der Waals surface area (Å²) in [5.41, 5.74) is 4.47. The van der Waals surface area contributed by atoms with Crippen LogP contribution in [0.4, 0.5) is 10.7 Å². The van der Waals surface area contributed by atoms with Gasteiger partial charge in [0.05, 0.1) is 0 Å². The first-order valence-electron chi connectivity index (χ1n) is 10.5. The van der Waals surface area contributed by atoms with Crippen LogP contribution in [-0.2, 0) is 9.53 Å². The molecule has 1 aromatic heterocycles. The lowest BCUT2D eigenvalue weighted by molar-refractivity contribution is -0.137. The molecule has 2 aromatic carbocycles. The zero-order chi connectivity index (χ0) is 23.4. The van der Waals surface area contributed by atoms with Gasteiger partial charge in [0.1, 0.15) is 6.61 Å². The van der Waals surface area contributed by atoms with E-state index in [2.05, 4.69) is 22.6 Å². The van der Waals surface area contributed by atoms with Gasteiger partial charge < -0.3 is 19.3 Å². The summed E-state index contributed by atoms with van der Waals surface area (Å²) in [6.45, 7) is 0.402. The maximum absolute atomic E-state index is 12.4. The van der Waals surface area contributed by atoms with E-state index in [0.29, 0.717) is 6.42 Å². The molecule has 0 bridgehead atoms. The summed E-state index contributed by atoms with van der Waals surface area (Å²) >= 11 is 0. The fourth-order valence-electron chi connectivity index (χ4n) is 3.93. The Kier molecular flexibility index (Phi) is 6.39. The van der Waals surface area contributed by atoms with Crippen molar-refractivity contribution >= 4 is 23.9 Å². The molecule has 9 heteroatoms. The van der Waals surface area contributed by atoms with Gasteiger partial charge in [-0.05, 0) is 28.7 Å². The van der Waals surface area contributed by atoms with Crippen molar-refractivity contribution in [3.63, 3.8) is 0 Å². The van der Waals surface area contributed by atoms with Crippen molar-refractivity contribution in [3.8, 4) is 11.1 Å². The average molecular weight is 449 g/mol. The summed E-state index contributed by atoms with van der Waals surface area (Å²) in [6.07, 6.45) is -0.437. The number of carbonyl (C=O) groups excluding carboxylic acids is 2. The Balaban J connectivity index is 1.34. The fraction of sp³-hybridized carbons (Fsp3) is 0.250. The Morgan fingerprint density at radius 1 is 1.09 bits per heavy atom. The topological polar surface area (TPSA) is 122 Å². The summed E-state index contributed by atoms with van der Waals surface area (Å²) in [6, 6.07) is 17.4. The van der Waals surface area contributed by atoms with Crippen LogP contribution in [0.3, 0.4) is 0 Å². The molecule has 0 spiro atoms. The third kappa shape index (κ3) is 4.87. The van der Waals surface area contributed by atoms with E-state index in [4.69, 9.17) is 14.4 Å². The largest absolute Gasteiger partial charge is 0.481 e. The van der Waals surface area contributed by atoms with Crippen LogP contribution in [0.2, 0.25) is 0 Å². The smallest absolute Gasteiger partial charge is 0.414 e.